The van der Waals surface area contributed by atoms with Gasteiger partial charge in [-0.2, -0.15) is 0 Å². The Kier molecular flexibility index (Phi) is 10.6. The van der Waals surface area contributed by atoms with Crippen LogP contribution in [-0.4, -0.2) is 26.4 Å². The van der Waals surface area contributed by atoms with Crippen LogP contribution in [0.25, 0.3) is 0 Å². The molecule has 0 bridgehead atoms. The standard InChI is InChI=1S/C30H46O3/c1-9-29(7,27-17-13-25(14-18-27)23(5)32-11-3)21-31-22-30(8,10-2)28-19-15-26(16-20-28)24(6)33-12-4/h13-20,23-24H,9-12,21-22H2,1-8H3. The third kappa shape index (κ3) is 7.15. The molecule has 0 N–H and O–H groups in total. The maximum atomic E-state index is 6.44. The minimum absolute atomic E-state index is 0.0151. The summed E-state index contributed by atoms with van der Waals surface area (Å²) in [6.45, 7) is 20.3. The van der Waals surface area contributed by atoms with E-state index in [-0.39, 0.29) is 23.0 Å². The molecule has 0 aliphatic carbocycles. The van der Waals surface area contributed by atoms with Gasteiger partial charge in [0.15, 0.2) is 0 Å². The van der Waals surface area contributed by atoms with Crippen molar-refractivity contribution in [1.82, 2.24) is 0 Å². The molecule has 0 fully saturated rings. The third-order valence-corrected chi connectivity index (χ3v) is 7.39. The lowest BCUT2D eigenvalue weighted by Crippen LogP contribution is -2.33. The van der Waals surface area contributed by atoms with E-state index < -0.39 is 0 Å². The van der Waals surface area contributed by atoms with E-state index in [4.69, 9.17) is 14.2 Å². The van der Waals surface area contributed by atoms with Gasteiger partial charge in [0.1, 0.15) is 0 Å². The Balaban J connectivity index is 2.06. The number of rotatable bonds is 14. The fourth-order valence-corrected chi connectivity index (χ4v) is 4.29. The van der Waals surface area contributed by atoms with E-state index in [2.05, 4.69) is 90.1 Å². The molecule has 3 heteroatoms. The first-order valence-corrected chi connectivity index (χ1v) is 12.7. The molecule has 0 saturated heterocycles. The Morgan fingerprint density at radius 2 is 0.939 bits per heavy atom. The van der Waals surface area contributed by atoms with Crippen molar-refractivity contribution in [3.05, 3.63) is 70.8 Å². The van der Waals surface area contributed by atoms with Crippen LogP contribution in [0.1, 0.15) is 103 Å². The number of benzene rings is 2. The van der Waals surface area contributed by atoms with Crippen molar-refractivity contribution >= 4 is 0 Å². The van der Waals surface area contributed by atoms with E-state index in [9.17, 15) is 0 Å². The van der Waals surface area contributed by atoms with Gasteiger partial charge in [-0.15, -0.1) is 0 Å². The van der Waals surface area contributed by atoms with E-state index >= 15 is 0 Å². The molecule has 2 rings (SSSR count). The highest BCUT2D eigenvalue weighted by Gasteiger charge is 2.29. The van der Waals surface area contributed by atoms with Gasteiger partial charge in [0.25, 0.3) is 0 Å². The van der Waals surface area contributed by atoms with Gasteiger partial charge in [0.2, 0.25) is 0 Å². The van der Waals surface area contributed by atoms with E-state index in [1.165, 1.54) is 22.3 Å². The summed E-state index contributed by atoms with van der Waals surface area (Å²) in [5.74, 6) is 0. The lowest BCUT2D eigenvalue weighted by Gasteiger charge is -2.33. The van der Waals surface area contributed by atoms with Crippen molar-refractivity contribution in [2.45, 2.75) is 91.3 Å². The maximum Gasteiger partial charge on any atom is 0.0796 e. The molecule has 4 unspecified atom stereocenters. The average Bonchev–Trinajstić information content (AvgIpc) is 2.84. The van der Waals surface area contributed by atoms with Gasteiger partial charge < -0.3 is 14.2 Å². The largest absolute Gasteiger partial charge is 0.380 e. The first-order valence-electron chi connectivity index (χ1n) is 12.7. The molecule has 0 heterocycles. The van der Waals surface area contributed by atoms with Crippen molar-refractivity contribution < 1.29 is 14.2 Å². The van der Waals surface area contributed by atoms with Crippen LogP contribution in [0, 0.1) is 0 Å². The summed E-state index contributed by atoms with van der Waals surface area (Å²) in [7, 11) is 0. The van der Waals surface area contributed by atoms with Crippen LogP contribution in [0.2, 0.25) is 0 Å². The van der Waals surface area contributed by atoms with Crippen LogP contribution < -0.4 is 0 Å². The number of hydrogen-bond acceptors (Lipinski definition) is 3. The topological polar surface area (TPSA) is 27.7 Å². The lowest BCUT2D eigenvalue weighted by atomic mass is 9.79. The molecule has 3 nitrogen and oxygen atoms in total. The number of hydrogen-bond donors (Lipinski definition) is 0. The van der Waals surface area contributed by atoms with Crippen LogP contribution in [0.3, 0.4) is 0 Å². The average molecular weight is 455 g/mol. The molecule has 0 saturated carbocycles. The Labute approximate surface area is 202 Å². The van der Waals surface area contributed by atoms with Crippen molar-refractivity contribution in [2.75, 3.05) is 26.4 Å². The SMILES string of the molecule is CCOC(C)c1ccc(C(C)(CC)COCC(C)(CC)c2ccc(C(C)OCC)cc2)cc1. The van der Waals surface area contributed by atoms with Crippen LogP contribution >= 0.6 is 0 Å². The molecule has 0 spiro atoms. The van der Waals surface area contributed by atoms with Crippen molar-refractivity contribution in [1.29, 1.82) is 0 Å². The van der Waals surface area contributed by atoms with E-state index in [0.717, 1.165) is 26.1 Å². The van der Waals surface area contributed by atoms with Crippen LogP contribution in [-0.2, 0) is 25.0 Å². The van der Waals surface area contributed by atoms with Crippen LogP contribution in [0.5, 0.6) is 0 Å². The monoisotopic (exact) mass is 454 g/mol. The van der Waals surface area contributed by atoms with Gasteiger partial charge in [-0.25, -0.2) is 0 Å². The van der Waals surface area contributed by atoms with Gasteiger partial charge >= 0.3 is 0 Å². The van der Waals surface area contributed by atoms with Crippen LogP contribution in [0.15, 0.2) is 48.5 Å². The zero-order chi connectivity index (χ0) is 24.5. The Hall–Kier alpha value is -1.68. The van der Waals surface area contributed by atoms with Crippen molar-refractivity contribution in [3.8, 4) is 0 Å². The molecular weight excluding hydrogens is 408 g/mol. The highest BCUT2D eigenvalue weighted by atomic mass is 16.5. The zero-order valence-electron chi connectivity index (χ0n) is 22.2. The molecule has 0 aromatic heterocycles. The summed E-state index contributed by atoms with van der Waals surface area (Å²) in [6, 6.07) is 17.8. The normalized spacial score (nSPS) is 17.2. The predicted octanol–water partition coefficient (Wildman–Crippen LogP) is 7.93. The smallest absolute Gasteiger partial charge is 0.0796 e. The summed E-state index contributed by atoms with van der Waals surface area (Å²) >= 11 is 0. The van der Waals surface area contributed by atoms with Crippen molar-refractivity contribution in [2.24, 2.45) is 0 Å². The van der Waals surface area contributed by atoms with E-state index in [1.807, 2.05) is 13.8 Å². The highest BCUT2D eigenvalue weighted by Crippen LogP contribution is 2.33. The Morgan fingerprint density at radius 1 is 0.606 bits per heavy atom. The lowest BCUT2D eigenvalue weighted by molar-refractivity contribution is 0.0509. The second kappa shape index (κ2) is 12.7. The molecule has 0 aliphatic rings. The molecular formula is C30H46O3. The molecule has 2 aromatic carbocycles. The first-order chi connectivity index (χ1) is 15.7. The molecule has 0 amide bonds. The maximum absolute atomic E-state index is 6.44. The third-order valence-electron chi connectivity index (χ3n) is 7.39. The van der Waals surface area contributed by atoms with Gasteiger partial charge in [-0.05, 0) is 62.8 Å². The minimum Gasteiger partial charge on any atom is -0.380 e. The second-order valence-corrected chi connectivity index (χ2v) is 9.76. The van der Waals surface area contributed by atoms with Gasteiger partial charge in [0.05, 0.1) is 25.4 Å². The van der Waals surface area contributed by atoms with E-state index in [1.54, 1.807) is 0 Å². The summed E-state index contributed by atoms with van der Waals surface area (Å²) in [5.41, 5.74) is 5.06. The molecule has 0 radical (unpaired) electrons. The summed E-state index contributed by atoms with van der Waals surface area (Å²) < 4.78 is 17.9. The molecule has 184 valence electrons. The Bertz CT molecular complexity index is 744. The van der Waals surface area contributed by atoms with Gasteiger partial charge in [-0.1, -0.05) is 76.2 Å². The van der Waals surface area contributed by atoms with E-state index in [0.29, 0.717) is 13.2 Å². The predicted molar refractivity (Wildman–Crippen MR) is 139 cm³/mol. The first kappa shape index (κ1) is 27.6. The fourth-order valence-electron chi connectivity index (χ4n) is 4.29. The van der Waals surface area contributed by atoms with Gasteiger partial charge in [0, 0.05) is 24.0 Å². The number of ether oxygens (including phenoxy) is 3. The highest BCUT2D eigenvalue weighted by molar-refractivity contribution is 5.31. The molecule has 33 heavy (non-hydrogen) atoms. The quantitative estimate of drug-likeness (QED) is 0.290. The molecule has 0 aliphatic heterocycles. The summed E-state index contributed by atoms with van der Waals surface area (Å²) in [5, 5.41) is 0. The summed E-state index contributed by atoms with van der Waals surface area (Å²) in [4.78, 5) is 0. The van der Waals surface area contributed by atoms with Gasteiger partial charge in [-0.3, -0.25) is 0 Å². The van der Waals surface area contributed by atoms with Crippen LogP contribution in [0.4, 0.5) is 0 Å². The zero-order valence-corrected chi connectivity index (χ0v) is 22.2. The second-order valence-electron chi connectivity index (χ2n) is 9.76. The summed E-state index contributed by atoms with van der Waals surface area (Å²) in [6.07, 6.45) is 2.31. The molecule has 4 atom stereocenters. The fraction of sp³-hybridized carbons (Fsp3) is 0.600. The van der Waals surface area contributed by atoms with Crippen molar-refractivity contribution in [3.63, 3.8) is 0 Å². The minimum atomic E-state index is -0.0151. The Morgan fingerprint density at radius 3 is 1.21 bits per heavy atom. The molecule has 2 aromatic rings.